The minimum Gasteiger partial charge on any atom is -0.464 e. The SMILES string of the molecule is O=[N+]([O-])c1ccc(Cl)c([C@H]2Oc3ccc(Cl)cc3[C@@H]3CC(c4ccc5c(c4)OCO5)=NN23)c1. The topological polar surface area (TPSA) is 86.4 Å². The molecule has 8 nitrogen and oxygen atoms in total. The maximum Gasteiger partial charge on any atom is 0.270 e. The maximum absolute atomic E-state index is 11.4. The molecular weight excluding hydrogens is 469 g/mol. The molecule has 0 radical (unpaired) electrons. The Morgan fingerprint density at radius 2 is 1.79 bits per heavy atom. The van der Waals surface area contributed by atoms with Crippen LogP contribution in [0, 0.1) is 10.1 Å². The largest absolute Gasteiger partial charge is 0.464 e. The van der Waals surface area contributed by atoms with Crippen molar-refractivity contribution in [1.82, 2.24) is 5.01 Å². The number of nitro benzene ring substituents is 1. The number of rotatable bonds is 3. The molecule has 0 amide bonds. The predicted octanol–water partition coefficient (Wildman–Crippen LogP) is 5.87. The number of non-ortho nitro benzene ring substituents is 1. The first kappa shape index (κ1) is 20.1. The van der Waals surface area contributed by atoms with Gasteiger partial charge in [0.15, 0.2) is 11.5 Å². The zero-order valence-corrected chi connectivity index (χ0v) is 18.4. The molecule has 0 aliphatic carbocycles. The second-order valence-corrected chi connectivity index (χ2v) is 8.67. The molecule has 3 aliphatic heterocycles. The number of halogens is 2. The number of ether oxygens (including phenoxy) is 3. The molecule has 3 aliphatic rings. The summed E-state index contributed by atoms with van der Waals surface area (Å²) in [4.78, 5) is 10.9. The molecule has 3 aromatic carbocycles. The summed E-state index contributed by atoms with van der Waals surface area (Å²) in [7, 11) is 0. The Labute approximate surface area is 198 Å². The Hall–Kier alpha value is -3.49. The highest BCUT2D eigenvalue weighted by molar-refractivity contribution is 6.31. The minimum absolute atomic E-state index is 0.0735. The molecule has 0 unspecified atom stereocenters. The fraction of sp³-hybridized carbons (Fsp3) is 0.174. The van der Waals surface area contributed by atoms with Crippen molar-refractivity contribution in [3.63, 3.8) is 0 Å². The van der Waals surface area contributed by atoms with Crippen LogP contribution in [0.25, 0.3) is 0 Å². The molecule has 0 aromatic heterocycles. The molecule has 0 saturated carbocycles. The van der Waals surface area contributed by atoms with Crippen molar-refractivity contribution in [1.29, 1.82) is 0 Å². The van der Waals surface area contributed by atoms with Gasteiger partial charge in [0.05, 0.1) is 16.7 Å². The molecule has 3 aromatic rings. The molecule has 0 bridgehead atoms. The lowest BCUT2D eigenvalue weighted by molar-refractivity contribution is -0.385. The first-order valence-electron chi connectivity index (χ1n) is 10.1. The number of hydrazone groups is 1. The van der Waals surface area contributed by atoms with Crippen LogP contribution in [-0.4, -0.2) is 22.4 Å². The lowest BCUT2D eigenvalue weighted by Gasteiger charge is -2.38. The van der Waals surface area contributed by atoms with Crippen LogP contribution in [0.3, 0.4) is 0 Å². The van der Waals surface area contributed by atoms with E-state index in [1.54, 1.807) is 17.1 Å². The third-order valence-corrected chi connectivity index (χ3v) is 6.49. The van der Waals surface area contributed by atoms with Gasteiger partial charge in [0.25, 0.3) is 5.69 Å². The predicted molar refractivity (Wildman–Crippen MR) is 121 cm³/mol. The summed E-state index contributed by atoms with van der Waals surface area (Å²) >= 11 is 12.7. The lowest BCUT2D eigenvalue weighted by Crippen LogP contribution is -2.34. The highest BCUT2D eigenvalue weighted by Crippen LogP contribution is 2.49. The van der Waals surface area contributed by atoms with Crippen LogP contribution in [0.2, 0.25) is 10.0 Å². The Morgan fingerprint density at radius 3 is 2.64 bits per heavy atom. The van der Waals surface area contributed by atoms with Crippen molar-refractivity contribution in [2.24, 2.45) is 5.10 Å². The second-order valence-electron chi connectivity index (χ2n) is 7.83. The van der Waals surface area contributed by atoms with Crippen molar-refractivity contribution in [3.05, 3.63) is 91.4 Å². The van der Waals surface area contributed by atoms with Crippen molar-refractivity contribution < 1.29 is 19.1 Å². The van der Waals surface area contributed by atoms with Crippen molar-refractivity contribution in [2.45, 2.75) is 18.7 Å². The number of nitrogens with zero attached hydrogens (tertiary/aromatic N) is 3. The average Bonchev–Trinajstić information content (AvgIpc) is 3.46. The van der Waals surface area contributed by atoms with E-state index in [2.05, 4.69) is 0 Å². The molecule has 2 atom stereocenters. The average molecular weight is 484 g/mol. The van der Waals surface area contributed by atoms with Gasteiger partial charge >= 0.3 is 0 Å². The van der Waals surface area contributed by atoms with E-state index >= 15 is 0 Å². The number of hydrogen-bond donors (Lipinski definition) is 0. The monoisotopic (exact) mass is 483 g/mol. The van der Waals surface area contributed by atoms with Crippen LogP contribution >= 0.6 is 23.2 Å². The Bertz CT molecular complexity index is 1350. The molecule has 166 valence electrons. The molecule has 0 spiro atoms. The van der Waals surface area contributed by atoms with E-state index in [9.17, 15) is 10.1 Å². The van der Waals surface area contributed by atoms with Gasteiger partial charge < -0.3 is 14.2 Å². The van der Waals surface area contributed by atoms with Crippen LogP contribution in [0.1, 0.15) is 35.4 Å². The van der Waals surface area contributed by atoms with E-state index in [0.717, 1.165) is 16.8 Å². The first-order chi connectivity index (χ1) is 16.0. The van der Waals surface area contributed by atoms with Gasteiger partial charge in [-0.3, -0.25) is 10.1 Å². The third-order valence-electron chi connectivity index (χ3n) is 5.91. The van der Waals surface area contributed by atoms with Gasteiger partial charge in [-0.25, -0.2) is 5.01 Å². The van der Waals surface area contributed by atoms with Gasteiger partial charge in [0.2, 0.25) is 13.0 Å². The van der Waals surface area contributed by atoms with E-state index < -0.39 is 11.2 Å². The van der Waals surface area contributed by atoms with E-state index in [0.29, 0.717) is 39.3 Å². The van der Waals surface area contributed by atoms with Gasteiger partial charge in [-0.15, -0.1) is 0 Å². The summed E-state index contributed by atoms with van der Waals surface area (Å²) in [6.45, 7) is 0.188. The normalized spacial score (nSPS) is 20.1. The second kappa shape index (κ2) is 7.54. The molecule has 0 N–H and O–H groups in total. The summed E-state index contributed by atoms with van der Waals surface area (Å²) in [6.07, 6.45) is -0.165. The molecule has 10 heteroatoms. The quantitative estimate of drug-likeness (QED) is 0.341. The Kier molecular flexibility index (Phi) is 4.60. The lowest BCUT2D eigenvalue weighted by atomic mass is 9.95. The molecule has 0 fully saturated rings. The Morgan fingerprint density at radius 1 is 0.970 bits per heavy atom. The smallest absolute Gasteiger partial charge is 0.270 e. The van der Waals surface area contributed by atoms with Crippen LogP contribution in [-0.2, 0) is 0 Å². The van der Waals surface area contributed by atoms with Gasteiger partial charge in [-0.2, -0.15) is 5.10 Å². The summed E-state index contributed by atoms with van der Waals surface area (Å²) in [6, 6.07) is 15.2. The molecule has 3 heterocycles. The highest BCUT2D eigenvalue weighted by Gasteiger charge is 2.42. The van der Waals surface area contributed by atoms with Gasteiger partial charge in [-0.05, 0) is 42.5 Å². The number of benzene rings is 3. The zero-order valence-electron chi connectivity index (χ0n) is 16.9. The standard InChI is InChI=1S/C23H15Cl2N3O5/c24-13-2-6-20-16(8-13)19-10-18(12-1-5-21-22(7-12)32-11-31-21)26-27(19)23(33-20)15-9-14(28(29)30)3-4-17(15)25/h1-9,19,23H,10-11H2/t19-,23+/m0/s1. The fourth-order valence-electron chi connectivity index (χ4n) is 4.35. The summed E-state index contributed by atoms with van der Waals surface area (Å²) < 4.78 is 17.2. The van der Waals surface area contributed by atoms with Crippen LogP contribution < -0.4 is 14.2 Å². The van der Waals surface area contributed by atoms with Gasteiger partial charge in [0.1, 0.15) is 5.75 Å². The summed E-state index contributed by atoms with van der Waals surface area (Å²) in [5, 5.41) is 19.0. The minimum atomic E-state index is -0.748. The van der Waals surface area contributed by atoms with Crippen molar-refractivity contribution in [2.75, 3.05) is 6.79 Å². The van der Waals surface area contributed by atoms with Crippen LogP contribution in [0.5, 0.6) is 17.2 Å². The first-order valence-corrected chi connectivity index (χ1v) is 10.9. The molecule has 6 rings (SSSR count). The van der Waals surface area contributed by atoms with Crippen molar-refractivity contribution in [3.8, 4) is 17.2 Å². The van der Waals surface area contributed by atoms with E-state index in [4.69, 9.17) is 42.5 Å². The summed E-state index contributed by atoms with van der Waals surface area (Å²) in [5.41, 5.74) is 2.99. The van der Waals surface area contributed by atoms with Gasteiger partial charge in [-0.1, -0.05) is 23.2 Å². The van der Waals surface area contributed by atoms with E-state index in [-0.39, 0.29) is 18.5 Å². The van der Waals surface area contributed by atoms with Crippen LogP contribution in [0.4, 0.5) is 5.69 Å². The molecule has 0 saturated heterocycles. The third kappa shape index (κ3) is 3.34. The molecule has 33 heavy (non-hydrogen) atoms. The van der Waals surface area contributed by atoms with Gasteiger partial charge in [0, 0.05) is 45.3 Å². The van der Waals surface area contributed by atoms with E-state index in [1.807, 2.05) is 24.3 Å². The van der Waals surface area contributed by atoms with Crippen molar-refractivity contribution >= 4 is 34.6 Å². The van der Waals surface area contributed by atoms with Crippen LogP contribution in [0.15, 0.2) is 59.7 Å². The van der Waals surface area contributed by atoms with E-state index in [1.165, 1.54) is 18.2 Å². The number of hydrogen-bond acceptors (Lipinski definition) is 7. The molecular formula is C23H15Cl2N3O5. The zero-order chi connectivity index (χ0) is 22.7. The summed E-state index contributed by atoms with van der Waals surface area (Å²) in [5.74, 6) is 1.99. The number of nitro groups is 1. The maximum atomic E-state index is 11.4. The highest BCUT2D eigenvalue weighted by atomic mass is 35.5. The number of fused-ring (bicyclic) bond motifs is 4. The fourth-order valence-corrected chi connectivity index (χ4v) is 4.74. The Balaban J connectivity index is 1.46.